The number of carbonyl (C=O) groups excluding carboxylic acids is 2. The Kier molecular flexibility index (Phi) is 5.80. The molecule has 1 aromatic heterocycles. The Balaban J connectivity index is 1.77. The normalized spacial score (nSPS) is 13.7. The lowest BCUT2D eigenvalue weighted by atomic mass is 10.0. The quantitative estimate of drug-likeness (QED) is 0.555. The number of benzene rings is 2. The molecule has 6 heteroatoms. The summed E-state index contributed by atoms with van der Waals surface area (Å²) in [5, 5.41) is 0. The lowest BCUT2D eigenvalue weighted by Crippen LogP contribution is -2.33. The van der Waals surface area contributed by atoms with Crippen molar-refractivity contribution >= 4 is 17.4 Å². The molecule has 3 aromatic rings. The van der Waals surface area contributed by atoms with Crippen molar-refractivity contribution in [3.8, 4) is 5.75 Å². The number of hydrogen-bond acceptors (Lipinski definition) is 5. The standard InChI is InChI=1S/C25H23N3O3/c1-27(16-18-8-4-3-5-9-18)23-22(20-10-6-7-11-21(20)31-2)24(29)28(25(23)30)17-19-12-14-26-15-13-19/h3-15H,16-17H2,1-2H3. The average molecular weight is 413 g/mol. The van der Waals surface area contributed by atoms with Crippen LogP contribution in [0.4, 0.5) is 0 Å². The summed E-state index contributed by atoms with van der Waals surface area (Å²) < 4.78 is 5.50. The number of para-hydroxylation sites is 1. The molecule has 0 unspecified atom stereocenters. The van der Waals surface area contributed by atoms with Crippen molar-refractivity contribution in [2.45, 2.75) is 13.1 Å². The maximum atomic E-state index is 13.5. The van der Waals surface area contributed by atoms with Crippen LogP contribution < -0.4 is 4.74 Å². The molecule has 0 atom stereocenters. The van der Waals surface area contributed by atoms with E-state index in [1.807, 2.05) is 60.5 Å². The summed E-state index contributed by atoms with van der Waals surface area (Å²) in [5.74, 6) is -0.0996. The number of pyridine rings is 1. The van der Waals surface area contributed by atoms with Crippen molar-refractivity contribution in [3.63, 3.8) is 0 Å². The molecule has 6 nitrogen and oxygen atoms in total. The lowest BCUT2D eigenvalue weighted by molar-refractivity contribution is -0.138. The maximum Gasteiger partial charge on any atom is 0.278 e. The fourth-order valence-electron chi connectivity index (χ4n) is 3.76. The van der Waals surface area contributed by atoms with Crippen LogP contribution in [0.3, 0.4) is 0 Å². The van der Waals surface area contributed by atoms with E-state index in [1.54, 1.807) is 37.7 Å². The first-order chi connectivity index (χ1) is 15.1. The van der Waals surface area contributed by atoms with Gasteiger partial charge in [-0.2, -0.15) is 0 Å². The summed E-state index contributed by atoms with van der Waals surface area (Å²) in [4.78, 5) is 34.1. The minimum Gasteiger partial charge on any atom is -0.496 e. The molecule has 0 fully saturated rings. The predicted octanol–water partition coefficient (Wildman–Crippen LogP) is 3.50. The highest BCUT2D eigenvalue weighted by Crippen LogP contribution is 2.36. The molecule has 4 rings (SSSR count). The Bertz CT molecular complexity index is 1130. The number of hydrogen-bond donors (Lipinski definition) is 0. The van der Waals surface area contributed by atoms with Gasteiger partial charge in [0.05, 0.1) is 19.2 Å². The van der Waals surface area contributed by atoms with Gasteiger partial charge in [-0.15, -0.1) is 0 Å². The molecule has 2 heterocycles. The number of carbonyl (C=O) groups is 2. The summed E-state index contributed by atoms with van der Waals surface area (Å²) >= 11 is 0. The van der Waals surface area contributed by atoms with Crippen LogP contribution in [0, 0.1) is 0 Å². The zero-order valence-corrected chi connectivity index (χ0v) is 17.5. The minimum absolute atomic E-state index is 0.182. The van der Waals surface area contributed by atoms with E-state index in [0.717, 1.165) is 11.1 Å². The fourth-order valence-corrected chi connectivity index (χ4v) is 3.76. The Morgan fingerprint density at radius 3 is 2.26 bits per heavy atom. The van der Waals surface area contributed by atoms with E-state index in [-0.39, 0.29) is 18.4 Å². The van der Waals surface area contributed by atoms with Gasteiger partial charge in [-0.05, 0) is 29.3 Å². The van der Waals surface area contributed by atoms with Gasteiger partial charge in [-0.25, -0.2) is 0 Å². The van der Waals surface area contributed by atoms with Crippen LogP contribution in [0.1, 0.15) is 16.7 Å². The second-order valence-electron chi connectivity index (χ2n) is 7.32. The van der Waals surface area contributed by atoms with Crippen LogP contribution in [0.5, 0.6) is 5.75 Å². The fraction of sp³-hybridized carbons (Fsp3) is 0.160. The van der Waals surface area contributed by atoms with Gasteiger partial charge < -0.3 is 9.64 Å². The van der Waals surface area contributed by atoms with E-state index in [0.29, 0.717) is 29.1 Å². The van der Waals surface area contributed by atoms with E-state index in [9.17, 15) is 9.59 Å². The molecule has 2 amide bonds. The van der Waals surface area contributed by atoms with E-state index < -0.39 is 0 Å². The molecule has 156 valence electrons. The number of ether oxygens (including phenoxy) is 1. The van der Waals surface area contributed by atoms with Crippen molar-refractivity contribution < 1.29 is 14.3 Å². The number of nitrogens with zero attached hydrogens (tertiary/aromatic N) is 3. The van der Waals surface area contributed by atoms with Crippen LogP contribution in [0.15, 0.2) is 84.8 Å². The Labute approximate surface area is 181 Å². The first kappa shape index (κ1) is 20.3. The smallest absolute Gasteiger partial charge is 0.278 e. The van der Waals surface area contributed by atoms with Gasteiger partial charge in [-0.1, -0.05) is 48.5 Å². The molecule has 2 aromatic carbocycles. The first-order valence-electron chi connectivity index (χ1n) is 9.98. The van der Waals surface area contributed by atoms with Crippen molar-refractivity contribution in [2.75, 3.05) is 14.2 Å². The molecule has 31 heavy (non-hydrogen) atoms. The molecule has 1 aliphatic rings. The van der Waals surface area contributed by atoms with Crippen LogP contribution in [-0.2, 0) is 22.7 Å². The van der Waals surface area contributed by atoms with Crippen LogP contribution in [0.25, 0.3) is 5.57 Å². The number of amides is 2. The van der Waals surface area contributed by atoms with Gasteiger partial charge in [0.15, 0.2) is 0 Å². The van der Waals surface area contributed by atoms with E-state index >= 15 is 0 Å². The van der Waals surface area contributed by atoms with Gasteiger partial charge >= 0.3 is 0 Å². The first-order valence-corrected chi connectivity index (χ1v) is 9.98. The van der Waals surface area contributed by atoms with Crippen molar-refractivity contribution in [3.05, 3.63) is 102 Å². The average Bonchev–Trinajstić information content (AvgIpc) is 3.05. The van der Waals surface area contributed by atoms with Crippen LogP contribution in [0.2, 0.25) is 0 Å². The number of likely N-dealkylation sites (N-methyl/N-ethyl adjacent to an activating group) is 1. The topological polar surface area (TPSA) is 62.7 Å². The summed E-state index contributed by atoms with van der Waals surface area (Å²) in [6.45, 7) is 0.679. The van der Waals surface area contributed by atoms with E-state index in [4.69, 9.17) is 4.74 Å². The molecule has 1 aliphatic heterocycles. The summed E-state index contributed by atoms with van der Waals surface area (Å²) in [5.41, 5.74) is 3.21. The zero-order chi connectivity index (χ0) is 21.8. The predicted molar refractivity (Wildman–Crippen MR) is 118 cm³/mol. The Morgan fingerprint density at radius 2 is 1.55 bits per heavy atom. The molecular weight excluding hydrogens is 390 g/mol. The zero-order valence-electron chi connectivity index (χ0n) is 17.5. The second kappa shape index (κ2) is 8.83. The molecule has 0 aliphatic carbocycles. The number of aromatic nitrogens is 1. The minimum atomic E-state index is -0.332. The third-order valence-corrected chi connectivity index (χ3v) is 5.25. The van der Waals surface area contributed by atoms with Crippen LogP contribution >= 0.6 is 0 Å². The van der Waals surface area contributed by atoms with Gasteiger partial charge in [0.25, 0.3) is 11.8 Å². The monoisotopic (exact) mass is 413 g/mol. The van der Waals surface area contributed by atoms with E-state index in [2.05, 4.69) is 4.98 Å². The Hall–Kier alpha value is -3.93. The van der Waals surface area contributed by atoms with Gasteiger partial charge in [0, 0.05) is 31.5 Å². The van der Waals surface area contributed by atoms with Gasteiger partial charge in [0.2, 0.25) is 0 Å². The molecule has 0 spiro atoms. The molecule has 0 bridgehead atoms. The van der Waals surface area contributed by atoms with Crippen molar-refractivity contribution in [2.24, 2.45) is 0 Å². The summed E-state index contributed by atoms with van der Waals surface area (Å²) in [7, 11) is 3.39. The van der Waals surface area contributed by atoms with Gasteiger partial charge in [-0.3, -0.25) is 19.5 Å². The third-order valence-electron chi connectivity index (χ3n) is 5.25. The summed E-state index contributed by atoms with van der Waals surface area (Å²) in [6.07, 6.45) is 3.30. The highest BCUT2D eigenvalue weighted by atomic mass is 16.5. The Morgan fingerprint density at radius 1 is 0.871 bits per heavy atom. The van der Waals surface area contributed by atoms with Gasteiger partial charge in [0.1, 0.15) is 11.4 Å². The highest BCUT2D eigenvalue weighted by Gasteiger charge is 2.41. The number of methoxy groups -OCH3 is 1. The highest BCUT2D eigenvalue weighted by molar-refractivity contribution is 6.35. The second-order valence-corrected chi connectivity index (χ2v) is 7.32. The summed E-state index contributed by atoms with van der Waals surface area (Å²) in [6, 6.07) is 20.7. The molecule has 0 saturated heterocycles. The maximum absolute atomic E-state index is 13.5. The van der Waals surface area contributed by atoms with Crippen molar-refractivity contribution in [1.82, 2.24) is 14.8 Å². The SMILES string of the molecule is COc1ccccc1C1=C(N(C)Cc2ccccc2)C(=O)N(Cc2ccncc2)C1=O. The third kappa shape index (κ3) is 4.05. The molecule has 0 saturated carbocycles. The largest absolute Gasteiger partial charge is 0.496 e. The lowest BCUT2D eigenvalue weighted by Gasteiger charge is -2.22. The number of imide groups is 1. The molecule has 0 radical (unpaired) electrons. The molecular formula is C25H23N3O3. The molecule has 0 N–H and O–H groups in total. The van der Waals surface area contributed by atoms with Crippen molar-refractivity contribution in [1.29, 1.82) is 0 Å². The van der Waals surface area contributed by atoms with Crippen LogP contribution in [-0.4, -0.2) is 40.8 Å². The number of rotatable bonds is 7. The van der Waals surface area contributed by atoms with E-state index in [1.165, 1.54) is 4.90 Å².